The topological polar surface area (TPSA) is 20.2 Å². The fourth-order valence-corrected chi connectivity index (χ4v) is 3.56. The molecule has 5 aromatic rings. The molecular formula is C27H28O. The Bertz CT molecular complexity index is 1140. The molecule has 142 valence electrons. The summed E-state index contributed by atoms with van der Waals surface area (Å²) in [4.78, 5) is 0. The summed E-state index contributed by atoms with van der Waals surface area (Å²) in [5.74, 6) is 1.02. The molecule has 0 unspecified atom stereocenters. The molecule has 0 atom stereocenters. The van der Waals surface area contributed by atoms with Crippen LogP contribution in [0.4, 0.5) is 0 Å². The average Bonchev–Trinajstić information content (AvgIpc) is 2.76. The first kappa shape index (κ1) is 19.7. The van der Waals surface area contributed by atoms with Crippen LogP contribution in [0.15, 0.2) is 84.9 Å². The van der Waals surface area contributed by atoms with Gasteiger partial charge in [-0.3, -0.25) is 0 Å². The molecule has 0 bridgehead atoms. The van der Waals surface area contributed by atoms with Crippen molar-refractivity contribution in [3.8, 4) is 5.75 Å². The SMILES string of the molecule is CC.CC(C)c1ccccc1.Oc1ccc2ccc3cccc4ccc1c2c34. The molecule has 0 fully saturated rings. The van der Waals surface area contributed by atoms with E-state index in [0.29, 0.717) is 11.7 Å². The van der Waals surface area contributed by atoms with Crippen molar-refractivity contribution in [1.82, 2.24) is 0 Å². The van der Waals surface area contributed by atoms with E-state index in [0.717, 1.165) is 5.39 Å². The van der Waals surface area contributed by atoms with Gasteiger partial charge in [-0.1, -0.05) is 107 Å². The van der Waals surface area contributed by atoms with Gasteiger partial charge in [0, 0.05) is 10.8 Å². The van der Waals surface area contributed by atoms with Crippen LogP contribution in [0, 0.1) is 0 Å². The third-order valence-electron chi connectivity index (χ3n) is 4.97. The van der Waals surface area contributed by atoms with Crippen molar-refractivity contribution in [2.45, 2.75) is 33.6 Å². The molecule has 0 saturated carbocycles. The lowest BCUT2D eigenvalue weighted by Gasteiger charge is -2.11. The van der Waals surface area contributed by atoms with Crippen LogP contribution in [0.5, 0.6) is 5.75 Å². The van der Waals surface area contributed by atoms with Gasteiger partial charge < -0.3 is 5.11 Å². The van der Waals surface area contributed by atoms with Gasteiger partial charge in [0.05, 0.1) is 0 Å². The van der Waals surface area contributed by atoms with Crippen molar-refractivity contribution in [3.05, 3.63) is 90.5 Å². The molecule has 5 rings (SSSR count). The van der Waals surface area contributed by atoms with E-state index in [1.165, 1.54) is 32.5 Å². The van der Waals surface area contributed by atoms with Gasteiger partial charge in [-0.05, 0) is 39.1 Å². The number of rotatable bonds is 1. The molecular weight excluding hydrogens is 340 g/mol. The third-order valence-corrected chi connectivity index (χ3v) is 4.97. The predicted octanol–water partition coefficient (Wildman–Crippen LogP) is 8.13. The van der Waals surface area contributed by atoms with E-state index < -0.39 is 0 Å². The fraction of sp³-hybridized carbons (Fsp3) is 0.185. The van der Waals surface area contributed by atoms with E-state index in [4.69, 9.17) is 0 Å². The Hall–Kier alpha value is -3.06. The van der Waals surface area contributed by atoms with Crippen LogP contribution in [-0.2, 0) is 0 Å². The van der Waals surface area contributed by atoms with E-state index >= 15 is 0 Å². The molecule has 0 aromatic heterocycles. The Labute approximate surface area is 167 Å². The van der Waals surface area contributed by atoms with Crippen molar-refractivity contribution >= 4 is 32.3 Å². The van der Waals surface area contributed by atoms with Gasteiger partial charge >= 0.3 is 0 Å². The molecule has 0 amide bonds. The van der Waals surface area contributed by atoms with E-state index in [1.54, 1.807) is 6.07 Å². The Morgan fingerprint density at radius 3 is 1.68 bits per heavy atom. The first-order chi connectivity index (χ1) is 13.6. The number of aromatic hydroxyl groups is 1. The van der Waals surface area contributed by atoms with Crippen molar-refractivity contribution in [2.24, 2.45) is 0 Å². The van der Waals surface area contributed by atoms with Crippen LogP contribution in [0.3, 0.4) is 0 Å². The quantitative estimate of drug-likeness (QED) is 0.296. The maximum Gasteiger partial charge on any atom is 0.123 e. The van der Waals surface area contributed by atoms with Crippen LogP contribution in [0.2, 0.25) is 0 Å². The van der Waals surface area contributed by atoms with E-state index in [1.807, 2.05) is 32.0 Å². The Morgan fingerprint density at radius 1 is 0.571 bits per heavy atom. The zero-order chi connectivity index (χ0) is 20.1. The normalized spacial score (nSPS) is 10.6. The third kappa shape index (κ3) is 3.80. The minimum Gasteiger partial charge on any atom is -0.507 e. The Balaban J connectivity index is 0.000000175. The minimum absolute atomic E-state index is 0.357. The molecule has 0 aliphatic carbocycles. The lowest BCUT2D eigenvalue weighted by molar-refractivity contribution is 0.482. The summed E-state index contributed by atoms with van der Waals surface area (Å²) in [5.41, 5.74) is 1.41. The molecule has 1 heteroatoms. The number of hydrogen-bond acceptors (Lipinski definition) is 1. The maximum atomic E-state index is 9.95. The molecule has 0 radical (unpaired) electrons. The van der Waals surface area contributed by atoms with E-state index in [9.17, 15) is 5.11 Å². The highest BCUT2D eigenvalue weighted by Gasteiger charge is 2.09. The number of phenolic OH excluding ortho intramolecular Hbond substituents is 1. The van der Waals surface area contributed by atoms with Crippen molar-refractivity contribution in [3.63, 3.8) is 0 Å². The highest BCUT2D eigenvalue weighted by Crippen LogP contribution is 2.37. The summed E-state index contributed by atoms with van der Waals surface area (Å²) in [7, 11) is 0. The molecule has 0 aliphatic rings. The van der Waals surface area contributed by atoms with Gasteiger partial charge in [0.15, 0.2) is 0 Å². The predicted molar refractivity (Wildman–Crippen MR) is 124 cm³/mol. The van der Waals surface area contributed by atoms with Crippen LogP contribution in [0.25, 0.3) is 32.3 Å². The highest BCUT2D eigenvalue weighted by atomic mass is 16.3. The fourth-order valence-electron chi connectivity index (χ4n) is 3.56. The van der Waals surface area contributed by atoms with Crippen molar-refractivity contribution in [1.29, 1.82) is 0 Å². The second-order valence-electron chi connectivity index (χ2n) is 7.01. The summed E-state index contributed by atoms with van der Waals surface area (Å²) in [6.45, 7) is 8.41. The number of benzene rings is 5. The summed E-state index contributed by atoms with van der Waals surface area (Å²) in [5, 5.41) is 16.9. The first-order valence-corrected chi connectivity index (χ1v) is 10.1. The van der Waals surface area contributed by atoms with Gasteiger partial charge in [0.2, 0.25) is 0 Å². The first-order valence-electron chi connectivity index (χ1n) is 10.1. The minimum atomic E-state index is 0.357. The molecule has 5 aromatic carbocycles. The molecule has 0 saturated heterocycles. The summed E-state index contributed by atoms with van der Waals surface area (Å²) in [6.07, 6.45) is 0. The van der Waals surface area contributed by atoms with Crippen molar-refractivity contribution < 1.29 is 5.11 Å². The van der Waals surface area contributed by atoms with Crippen molar-refractivity contribution in [2.75, 3.05) is 0 Å². The zero-order valence-corrected chi connectivity index (χ0v) is 17.1. The number of phenols is 1. The van der Waals surface area contributed by atoms with Crippen LogP contribution >= 0.6 is 0 Å². The van der Waals surface area contributed by atoms with Gasteiger partial charge in [0.1, 0.15) is 5.75 Å². The summed E-state index contributed by atoms with van der Waals surface area (Å²) in [6, 6.07) is 28.9. The number of hydrogen-bond donors (Lipinski definition) is 1. The Morgan fingerprint density at radius 2 is 1.11 bits per heavy atom. The monoisotopic (exact) mass is 368 g/mol. The second kappa shape index (κ2) is 8.75. The summed E-state index contributed by atoms with van der Waals surface area (Å²) < 4.78 is 0. The zero-order valence-electron chi connectivity index (χ0n) is 17.1. The van der Waals surface area contributed by atoms with Crippen LogP contribution in [0.1, 0.15) is 39.2 Å². The van der Waals surface area contributed by atoms with E-state index in [2.05, 4.69) is 74.5 Å². The van der Waals surface area contributed by atoms with Gasteiger partial charge in [-0.25, -0.2) is 0 Å². The molecule has 0 spiro atoms. The molecule has 0 heterocycles. The average molecular weight is 369 g/mol. The highest BCUT2D eigenvalue weighted by molar-refractivity contribution is 6.23. The molecule has 1 nitrogen and oxygen atoms in total. The Kier molecular flexibility index (Phi) is 6.16. The van der Waals surface area contributed by atoms with Gasteiger partial charge in [-0.15, -0.1) is 0 Å². The maximum absolute atomic E-state index is 9.95. The smallest absolute Gasteiger partial charge is 0.123 e. The molecule has 28 heavy (non-hydrogen) atoms. The lowest BCUT2D eigenvalue weighted by atomic mass is 9.94. The molecule has 0 aliphatic heterocycles. The largest absolute Gasteiger partial charge is 0.507 e. The lowest BCUT2D eigenvalue weighted by Crippen LogP contribution is -1.83. The standard InChI is InChI=1S/C16H10O.C9H12.C2H6/c17-14-9-7-12-5-4-10-2-1-3-11-6-8-13(14)16(12)15(10)11;1-8(2)9-6-4-3-5-7-9;1-2/h1-9,17H;3-8H,1-2H3;1-2H3. The van der Waals surface area contributed by atoms with Crippen LogP contribution < -0.4 is 0 Å². The second-order valence-corrected chi connectivity index (χ2v) is 7.01. The molecule has 1 N–H and O–H groups in total. The summed E-state index contributed by atoms with van der Waals surface area (Å²) >= 11 is 0. The van der Waals surface area contributed by atoms with Gasteiger partial charge in [-0.2, -0.15) is 0 Å². The van der Waals surface area contributed by atoms with E-state index in [-0.39, 0.29) is 0 Å². The van der Waals surface area contributed by atoms with Gasteiger partial charge in [0.25, 0.3) is 0 Å². The van der Waals surface area contributed by atoms with Crippen LogP contribution in [-0.4, -0.2) is 5.11 Å².